The van der Waals surface area contributed by atoms with E-state index in [0.717, 1.165) is 5.56 Å². The van der Waals surface area contributed by atoms with Crippen molar-refractivity contribution in [2.45, 2.75) is 6.54 Å². The molecule has 0 bridgehead atoms. The normalized spacial score (nSPS) is 8.38. The Morgan fingerprint density at radius 2 is 2.00 bits per heavy atom. The lowest BCUT2D eigenvalue weighted by molar-refractivity contribution is -0.159. The van der Waals surface area contributed by atoms with Crippen LogP contribution in [0.25, 0.3) is 0 Å². The zero-order chi connectivity index (χ0) is 10.3. The van der Waals surface area contributed by atoms with Crippen LogP contribution in [0.1, 0.15) is 5.56 Å². The summed E-state index contributed by atoms with van der Waals surface area (Å²) >= 11 is 0. The fourth-order valence-corrected chi connectivity index (χ4v) is 0.327. The minimum absolute atomic E-state index is 0.503. The number of nitrogens with zero attached hydrogens (tertiary/aromatic N) is 1. The van der Waals surface area contributed by atoms with E-state index in [9.17, 15) is 0 Å². The maximum Gasteiger partial charge on any atom is 0.414 e. The second kappa shape index (κ2) is 5.72. The third kappa shape index (κ3) is 5.39. The number of hydrogen-bond donors (Lipinski definition) is 3. The summed E-state index contributed by atoms with van der Waals surface area (Å²) in [4.78, 5) is 18.2. The van der Waals surface area contributed by atoms with Gasteiger partial charge in [0.15, 0.2) is 0 Å². The van der Waals surface area contributed by atoms with E-state index in [0.29, 0.717) is 6.54 Å². The number of nitrogens with two attached hydrogens (primary N) is 1. The maximum atomic E-state index is 9.10. The van der Waals surface area contributed by atoms with E-state index >= 15 is 0 Å². The van der Waals surface area contributed by atoms with Gasteiger partial charge in [-0.15, -0.1) is 0 Å². The van der Waals surface area contributed by atoms with Gasteiger partial charge in [-0.05, 0) is 0 Å². The van der Waals surface area contributed by atoms with Crippen molar-refractivity contribution in [2.75, 3.05) is 0 Å². The third-order valence-electron chi connectivity index (χ3n) is 0.902. The van der Waals surface area contributed by atoms with Crippen LogP contribution in [0.3, 0.4) is 0 Å². The smallest absolute Gasteiger partial charge is 0.414 e. The number of aromatic nitrogens is 1. The second-order valence-corrected chi connectivity index (χ2v) is 1.85. The summed E-state index contributed by atoms with van der Waals surface area (Å²) in [6, 6.07) is 0. The van der Waals surface area contributed by atoms with Crippen LogP contribution in [-0.2, 0) is 16.1 Å². The number of carbonyl (C=O) groups is 2. The Balaban J connectivity index is 0.000000226. The van der Waals surface area contributed by atoms with Gasteiger partial charge in [-0.1, -0.05) is 5.16 Å². The molecule has 1 rings (SSSR count). The zero-order valence-electron chi connectivity index (χ0n) is 6.51. The first kappa shape index (κ1) is 11.1. The minimum Gasteiger partial charge on any atom is -0.473 e. The van der Waals surface area contributed by atoms with E-state index in [1.54, 1.807) is 6.20 Å². The standard InChI is InChI=1S/C4H6N2O.C2H2O4/c5-1-4-2-6-7-3-4;3-1(4)2(5)6/h2-3H,1,5H2;(H,3,4)(H,5,6). The van der Waals surface area contributed by atoms with E-state index in [4.69, 9.17) is 25.5 Å². The van der Waals surface area contributed by atoms with Crippen molar-refractivity contribution < 1.29 is 24.3 Å². The van der Waals surface area contributed by atoms with Crippen molar-refractivity contribution in [1.82, 2.24) is 5.16 Å². The number of hydrogen-bond acceptors (Lipinski definition) is 5. The van der Waals surface area contributed by atoms with Crippen LogP contribution in [0, 0.1) is 0 Å². The van der Waals surface area contributed by atoms with Crippen molar-refractivity contribution >= 4 is 11.9 Å². The largest absolute Gasteiger partial charge is 0.473 e. The fraction of sp³-hybridized carbons (Fsp3) is 0.167. The molecule has 0 aromatic carbocycles. The van der Waals surface area contributed by atoms with Crippen molar-refractivity contribution in [3.63, 3.8) is 0 Å². The van der Waals surface area contributed by atoms with Gasteiger partial charge >= 0.3 is 11.9 Å². The number of carboxylic acids is 2. The van der Waals surface area contributed by atoms with Gasteiger partial charge in [-0.25, -0.2) is 9.59 Å². The van der Waals surface area contributed by atoms with Crippen LogP contribution in [0.4, 0.5) is 0 Å². The molecule has 13 heavy (non-hydrogen) atoms. The zero-order valence-corrected chi connectivity index (χ0v) is 6.51. The van der Waals surface area contributed by atoms with Crippen molar-refractivity contribution in [1.29, 1.82) is 0 Å². The summed E-state index contributed by atoms with van der Waals surface area (Å²) in [5.74, 6) is -3.65. The van der Waals surface area contributed by atoms with Gasteiger partial charge in [0.1, 0.15) is 6.26 Å². The SMILES string of the molecule is NCc1cnoc1.O=C(O)C(=O)O. The molecule has 0 radical (unpaired) electrons. The summed E-state index contributed by atoms with van der Waals surface area (Å²) in [6.45, 7) is 0.503. The highest BCUT2D eigenvalue weighted by atomic mass is 16.5. The minimum atomic E-state index is -1.82. The predicted molar refractivity (Wildman–Crippen MR) is 39.7 cm³/mol. The van der Waals surface area contributed by atoms with Gasteiger partial charge in [0, 0.05) is 12.1 Å². The Hall–Kier alpha value is -1.89. The average Bonchev–Trinajstić information content (AvgIpc) is 2.56. The predicted octanol–water partition coefficient (Wildman–Crippen LogP) is -0.711. The van der Waals surface area contributed by atoms with Gasteiger partial charge in [-0.3, -0.25) is 0 Å². The topological polar surface area (TPSA) is 127 Å². The van der Waals surface area contributed by atoms with Gasteiger partial charge in [-0.2, -0.15) is 0 Å². The van der Waals surface area contributed by atoms with Crippen LogP contribution in [0.15, 0.2) is 17.0 Å². The van der Waals surface area contributed by atoms with E-state index in [1.165, 1.54) is 6.26 Å². The average molecular weight is 188 g/mol. The highest BCUT2D eigenvalue weighted by Gasteiger charge is 2.04. The Morgan fingerprint density at radius 1 is 1.46 bits per heavy atom. The van der Waals surface area contributed by atoms with Crippen molar-refractivity contribution in [3.8, 4) is 0 Å². The number of carboxylic acid groups (broad SMARTS) is 2. The van der Waals surface area contributed by atoms with E-state index in [1.807, 2.05) is 0 Å². The molecule has 0 spiro atoms. The van der Waals surface area contributed by atoms with Gasteiger partial charge in [0.05, 0.1) is 6.20 Å². The second-order valence-electron chi connectivity index (χ2n) is 1.85. The molecule has 0 aliphatic carbocycles. The van der Waals surface area contributed by atoms with E-state index in [-0.39, 0.29) is 0 Å². The van der Waals surface area contributed by atoms with Crippen molar-refractivity contribution in [2.24, 2.45) is 5.73 Å². The molecule has 0 saturated heterocycles. The van der Waals surface area contributed by atoms with Gasteiger partial charge in [0.25, 0.3) is 0 Å². The Labute approximate surface area is 72.7 Å². The lowest BCUT2D eigenvalue weighted by Gasteiger charge is -1.75. The Kier molecular flexibility index (Phi) is 4.89. The molecule has 0 saturated carbocycles. The van der Waals surface area contributed by atoms with Crippen LogP contribution in [-0.4, -0.2) is 27.3 Å². The molecular weight excluding hydrogens is 180 g/mol. The quantitative estimate of drug-likeness (QED) is 0.496. The molecule has 0 amide bonds. The molecule has 1 heterocycles. The fourth-order valence-electron chi connectivity index (χ4n) is 0.327. The van der Waals surface area contributed by atoms with Gasteiger partial charge < -0.3 is 20.5 Å². The maximum absolute atomic E-state index is 9.10. The summed E-state index contributed by atoms with van der Waals surface area (Å²) in [5, 5.41) is 18.2. The van der Waals surface area contributed by atoms with Crippen LogP contribution in [0.2, 0.25) is 0 Å². The molecule has 0 fully saturated rings. The van der Waals surface area contributed by atoms with Gasteiger partial charge in [0.2, 0.25) is 0 Å². The van der Waals surface area contributed by atoms with Crippen LogP contribution in [0.5, 0.6) is 0 Å². The summed E-state index contributed by atoms with van der Waals surface area (Å²) < 4.78 is 4.48. The van der Waals surface area contributed by atoms with Crippen LogP contribution < -0.4 is 5.73 Å². The third-order valence-corrected chi connectivity index (χ3v) is 0.902. The highest BCUT2D eigenvalue weighted by molar-refractivity contribution is 6.27. The Morgan fingerprint density at radius 3 is 2.15 bits per heavy atom. The first-order chi connectivity index (χ1) is 6.07. The molecule has 0 unspecified atom stereocenters. The molecule has 1 aromatic rings. The summed E-state index contributed by atoms with van der Waals surface area (Å²) in [6.07, 6.45) is 3.12. The van der Waals surface area contributed by atoms with Crippen molar-refractivity contribution in [3.05, 3.63) is 18.0 Å². The number of aliphatic carboxylic acids is 2. The molecule has 72 valence electrons. The molecule has 0 aliphatic heterocycles. The molecule has 0 aliphatic rings. The lowest BCUT2D eigenvalue weighted by atomic mass is 10.4. The molecule has 0 atom stereocenters. The summed E-state index contributed by atoms with van der Waals surface area (Å²) in [5.41, 5.74) is 6.12. The first-order valence-corrected chi connectivity index (χ1v) is 3.12. The molecule has 1 aromatic heterocycles. The monoisotopic (exact) mass is 188 g/mol. The lowest BCUT2D eigenvalue weighted by Crippen LogP contribution is -2.09. The molecule has 7 heteroatoms. The molecule has 4 N–H and O–H groups in total. The van der Waals surface area contributed by atoms with E-state index in [2.05, 4.69) is 9.68 Å². The molecule has 7 nitrogen and oxygen atoms in total. The van der Waals surface area contributed by atoms with Crippen LogP contribution >= 0.6 is 0 Å². The summed E-state index contributed by atoms with van der Waals surface area (Å²) in [7, 11) is 0. The number of rotatable bonds is 1. The first-order valence-electron chi connectivity index (χ1n) is 3.12. The molecular formula is C6H8N2O5. The Bertz CT molecular complexity index is 257. The highest BCUT2D eigenvalue weighted by Crippen LogP contribution is 1.91. The van der Waals surface area contributed by atoms with E-state index < -0.39 is 11.9 Å².